The number of likely N-dealkylation sites (N-methyl/N-ethyl adjacent to an activating group) is 1. The fourth-order valence-electron chi connectivity index (χ4n) is 1.31. The summed E-state index contributed by atoms with van der Waals surface area (Å²) >= 11 is 0. The van der Waals surface area contributed by atoms with E-state index in [0.717, 1.165) is 0 Å². The zero-order chi connectivity index (χ0) is 11.4. The van der Waals surface area contributed by atoms with Crippen molar-refractivity contribution >= 4 is 11.5 Å². The lowest BCUT2D eigenvalue weighted by Crippen LogP contribution is -2.19. The van der Waals surface area contributed by atoms with Crippen molar-refractivity contribution in [1.29, 1.82) is 0 Å². The summed E-state index contributed by atoms with van der Waals surface area (Å²) in [6.45, 7) is 0.223. The van der Waals surface area contributed by atoms with Crippen molar-refractivity contribution in [2.24, 2.45) is 0 Å². The minimum atomic E-state index is -0.373. The number of anilines is 1. The molecule has 3 nitrogen and oxygen atoms in total. The molecule has 1 aromatic rings. The first kappa shape index (κ1) is 11.7. The Labute approximate surface area is 88.9 Å². The van der Waals surface area contributed by atoms with Crippen LogP contribution in [0.2, 0.25) is 0 Å². The molecule has 1 rings (SSSR count). The van der Waals surface area contributed by atoms with Crippen LogP contribution in [0.5, 0.6) is 0 Å². The lowest BCUT2D eigenvalue weighted by Gasteiger charge is -2.13. The van der Waals surface area contributed by atoms with E-state index in [1.54, 1.807) is 38.2 Å². The van der Waals surface area contributed by atoms with Gasteiger partial charge in [-0.1, -0.05) is 0 Å². The van der Waals surface area contributed by atoms with E-state index >= 15 is 0 Å². The summed E-state index contributed by atoms with van der Waals surface area (Å²) in [7, 11) is 5.20. The van der Waals surface area contributed by atoms with Gasteiger partial charge in [-0.2, -0.15) is 0 Å². The Morgan fingerprint density at radius 1 is 1.47 bits per heavy atom. The van der Waals surface area contributed by atoms with Gasteiger partial charge < -0.3 is 10.2 Å². The lowest BCUT2D eigenvalue weighted by atomic mass is 10.1. The van der Waals surface area contributed by atoms with E-state index in [-0.39, 0.29) is 18.1 Å². The van der Waals surface area contributed by atoms with Gasteiger partial charge in [0, 0.05) is 19.7 Å². The topological polar surface area (TPSA) is 32.3 Å². The third-order valence-corrected chi connectivity index (χ3v) is 2.09. The Hall–Kier alpha value is -1.42. The number of carbonyl (C=O) groups excluding carboxylic acids is 1. The van der Waals surface area contributed by atoms with E-state index < -0.39 is 0 Å². The number of rotatable bonds is 4. The Bertz CT molecular complexity index is 364. The molecule has 0 aromatic heterocycles. The monoisotopic (exact) mass is 210 g/mol. The van der Waals surface area contributed by atoms with Gasteiger partial charge in [0.25, 0.3) is 0 Å². The Morgan fingerprint density at radius 3 is 2.60 bits per heavy atom. The molecule has 0 atom stereocenters. The largest absolute Gasteiger partial charge is 0.375 e. The molecule has 1 aromatic carbocycles. The third kappa shape index (κ3) is 2.76. The number of Topliss-reactive ketones (excluding diaryl/α,β-unsaturated/α-hetero) is 1. The fraction of sp³-hybridized carbons (Fsp3) is 0.364. The maximum Gasteiger partial charge on any atom is 0.176 e. The molecule has 15 heavy (non-hydrogen) atoms. The van der Waals surface area contributed by atoms with Crippen molar-refractivity contribution < 1.29 is 9.18 Å². The molecule has 0 saturated carbocycles. The molecule has 0 radical (unpaired) electrons. The Morgan fingerprint density at radius 2 is 2.13 bits per heavy atom. The molecule has 0 saturated heterocycles. The number of carbonyl (C=O) groups is 1. The second kappa shape index (κ2) is 4.89. The zero-order valence-electron chi connectivity index (χ0n) is 9.17. The zero-order valence-corrected chi connectivity index (χ0v) is 9.17. The van der Waals surface area contributed by atoms with E-state index in [4.69, 9.17) is 0 Å². The van der Waals surface area contributed by atoms with Crippen LogP contribution < -0.4 is 10.2 Å². The highest BCUT2D eigenvalue weighted by Crippen LogP contribution is 2.18. The molecule has 0 spiro atoms. The van der Waals surface area contributed by atoms with Crippen molar-refractivity contribution in [3.05, 3.63) is 29.6 Å². The van der Waals surface area contributed by atoms with Gasteiger partial charge in [0.05, 0.1) is 12.2 Å². The first-order valence-corrected chi connectivity index (χ1v) is 4.71. The number of halogens is 1. The highest BCUT2D eigenvalue weighted by atomic mass is 19.1. The molecule has 0 aliphatic carbocycles. The molecule has 82 valence electrons. The van der Waals surface area contributed by atoms with E-state index in [0.29, 0.717) is 11.3 Å². The van der Waals surface area contributed by atoms with Gasteiger partial charge in [0.2, 0.25) is 0 Å². The molecule has 0 unspecified atom stereocenters. The highest BCUT2D eigenvalue weighted by Gasteiger charge is 2.09. The predicted octanol–water partition coefficient (Wildman–Crippen LogP) is 1.29. The second-order valence-electron chi connectivity index (χ2n) is 3.51. The first-order valence-electron chi connectivity index (χ1n) is 4.71. The summed E-state index contributed by atoms with van der Waals surface area (Å²) in [6.07, 6.45) is 0. The highest BCUT2D eigenvalue weighted by molar-refractivity contribution is 5.97. The second-order valence-corrected chi connectivity index (χ2v) is 3.51. The molecule has 1 N–H and O–H groups in total. The van der Waals surface area contributed by atoms with Crippen molar-refractivity contribution in [2.75, 3.05) is 32.6 Å². The van der Waals surface area contributed by atoms with Gasteiger partial charge in [-0.25, -0.2) is 4.39 Å². The van der Waals surface area contributed by atoms with Gasteiger partial charge in [0.1, 0.15) is 5.82 Å². The van der Waals surface area contributed by atoms with Crippen LogP contribution in [-0.4, -0.2) is 33.5 Å². The van der Waals surface area contributed by atoms with Gasteiger partial charge in [-0.15, -0.1) is 0 Å². The standard InChI is InChI=1S/C11H15FN2O/c1-13-7-11(15)8-4-5-10(14(2)3)9(12)6-8/h4-6,13H,7H2,1-3H3. The average Bonchev–Trinajstić information content (AvgIpc) is 2.17. The molecular formula is C11H15FN2O. The van der Waals surface area contributed by atoms with Crippen LogP contribution in [-0.2, 0) is 0 Å². The van der Waals surface area contributed by atoms with Gasteiger partial charge in [0.15, 0.2) is 5.78 Å². The summed E-state index contributed by atoms with van der Waals surface area (Å²) < 4.78 is 13.5. The predicted molar refractivity (Wildman–Crippen MR) is 59.0 cm³/mol. The maximum absolute atomic E-state index is 13.5. The maximum atomic E-state index is 13.5. The third-order valence-electron chi connectivity index (χ3n) is 2.09. The van der Waals surface area contributed by atoms with Crippen LogP contribution in [0.3, 0.4) is 0 Å². The van der Waals surface area contributed by atoms with E-state index in [9.17, 15) is 9.18 Å². The van der Waals surface area contributed by atoms with Crippen LogP contribution in [0, 0.1) is 5.82 Å². The minimum absolute atomic E-state index is 0.110. The van der Waals surface area contributed by atoms with Gasteiger partial charge >= 0.3 is 0 Å². The van der Waals surface area contributed by atoms with Crippen LogP contribution >= 0.6 is 0 Å². The van der Waals surface area contributed by atoms with Crippen LogP contribution in [0.4, 0.5) is 10.1 Å². The molecule has 0 bridgehead atoms. The number of nitrogens with zero attached hydrogens (tertiary/aromatic N) is 1. The van der Waals surface area contributed by atoms with Crippen LogP contribution in [0.1, 0.15) is 10.4 Å². The molecule has 0 aliphatic rings. The number of benzene rings is 1. The molecule has 0 amide bonds. The van der Waals surface area contributed by atoms with Crippen molar-refractivity contribution in [2.45, 2.75) is 0 Å². The molecule has 4 heteroatoms. The summed E-state index contributed by atoms with van der Waals surface area (Å²) in [5.74, 6) is -0.483. The lowest BCUT2D eigenvalue weighted by molar-refractivity contribution is 0.0993. The Balaban J connectivity index is 2.96. The summed E-state index contributed by atoms with van der Waals surface area (Å²) in [4.78, 5) is 13.1. The molecule has 0 fully saturated rings. The SMILES string of the molecule is CNCC(=O)c1ccc(N(C)C)c(F)c1. The van der Waals surface area contributed by atoms with Crippen LogP contribution in [0.15, 0.2) is 18.2 Å². The smallest absolute Gasteiger partial charge is 0.176 e. The molecule has 0 aliphatic heterocycles. The Kier molecular flexibility index (Phi) is 3.80. The van der Waals surface area contributed by atoms with Crippen molar-refractivity contribution in [3.63, 3.8) is 0 Å². The number of hydrogen-bond donors (Lipinski definition) is 1. The average molecular weight is 210 g/mol. The fourth-order valence-corrected chi connectivity index (χ4v) is 1.31. The number of nitrogens with one attached hydrogen (secondary N) is 1. The molecular weight excluding hydrogens is 195 g/mol. The summed E-state index contributed by atoms with van der Waals surface area (Å²) in [5, 5.41) is 2.74. The summed E-state index contributed by atoms with van der Waals surface area (Å²) in [6, 6.07) is 4.52. The number of hydrogen-bond acceptors (Lipinski definition) is 3. The minimum Gasteiger partial charge on any atom is -0.375 e. The van der Waals surface area contributed by atoms with Crippen LogP contribution in [0.25, 0.3) is 0 Å². The molecule has 0 heterocycles. The normalized spacial score (nSPS) is 10.1. The van der Waals surface area contributed by atoms with E-state index in [1.807, 2.05) is 0 Å². The van der Waals surface area contributed by atoms with Crippen molar-refractivity contribution in [3.8, 4) is 0 Å². The van der Waals surface area contributed by atoms with E-state index in [1.165, 1.54) is 6.07 Å². The van der Waals surface area contributed by atoms with Crippen molar-refractivity contribution in [1.82, 2.24) is 5.32 Å². The van der Waals surface area contributed by atoms with E-state index in [2.05, 4.69) is 5.32 Å². The number of ketones is 1. The first-order chi connectivity index (χ1) is 7.06. The van der Waals surface area contributed by atoms with Gasteiger partial charge in [-0.05, 0) is 25.2 Å². The quantitative estimate of drug-likeness (QED) is 0.760. The summed E-state index contributed by atoms with van der Waals surface area (Å²) in [5.41, 5.74) is 0.878. The van der Waals surface area contributed by atoms with Gasteiger partial charge in [-0.3, -0.25) is 4.79 Å².